The Bertz CT molecular complexity index is 501. The van der Waals surface area contributed by atoms with Gasteiger partial charge in [0.2, 0.25) is 5.91 Å². The summed E-state index contributed by atoms with van der Waals surface area (Å²) in [4.78, 5) is 25.1. The van der Waals surface area contributed by atoms with Crippen molar-refractivity contribution in [1.82, 2.24) is 15.0 Å². The van der Waals surface area contributed by atoms with Gasteiger partial charge >= 0.3 is 0 Å². The first-order valence-corrected chi connectivity index (χ1v) is 7.33. The highest BCUT2D eigenvalue weighted by Gasteiger charge is 2.31. The third kappa shape index (κ3) is 4.92. The lowest BCUT2D eigenvalue weighted by Crippen LogP contribution is -2.55. The Kier molecular flexibility index (Phi) is 4.91. The number of amides is 2. The van der Waals surface area contributed by atoms with Crippen LogP contribution in [0.4, 0.5) is 0 Å². The van der Waals surface area contributed by atoms with Crippen molar-refractivity contribution in [2.75, 3.05) is 6.54 Å². The lowest BCUT2D eigenvalue weighted by molar-refractivity contribution is -0.126. The van der Waals surface area contributed by atoms with Gasteiger partial charge in [0, 0.05) is 11.4 Å². The monoisotopic (exact) mass is 297 g/mol. The van der Waals surface area contributed by atoms with Gasteiger partial charge in [0.15, 0.2) is 0 Å². The molecule has 0 saturated heterocycles. The van der Waals surface area contributed by atoms with E-state index < -0.39 is 5.54 Å². The van der Waals surface area contributed by atoms with E-state index >= 15 is 0 Å². The Morgan fingerprint density at radius 3 is 2.30 bits per heavy atom. The Balaban J connectivity index is 2.64. The van der Waals surface area contributed by atoms with Gasteiger partial charge in [0.05, 0.1) is 0 Å². The smallest absolute Gasteiger partial charge is 0.271 e. The average Bonchev–Trinajstić information content (AvgIpc) is 2.71. The van der Waals surface area contributed by atoms with Crippen molar-refractivity contribution in [3.8, 4) is 0 Å². The second-order valence-corrected chi connectivity index (χ2v) is 7.65. The van der Waals surface area contributed by atoms with Gasteiger partial charge in [-0.25, -0.2) is 0 Å². The van der Waals surface area contributed by atoms with Gasteiger partial charge in [-0.3, -0.25) is 9.59 Å². The summed E-state index contributed by atoms with van der Waals surface area (Å²) < 4.78 is 4.04. The summed E-state index contributed by atoms with van der Waals surface area (Å²) in [5.74, 6) is -0.530. The molecule has 0 radical (unpaired) electrons. The lowest BCUT2D eigenvalue weighted by Gasteiger charge is -2.27. The first-order valence-electron chi connectivity index (χ1n) is 6.55. The summed E-state index contributed by atoms with van der Waals surface area (Å²) >= 11 is 1.27. The fourth-order valence-electron chi connectivity index (χ4n) is 1.44. The molecule has 1 rings (SSSR count). The highest BCUT2D eigenvalue weighted by molar-refractivity contribution is 7.05. The van der Waals surface area contributed by atoms with Crippen LogP contribution in [0.1, 0.15) is 50.0 Å². The maximum Gasteiger partial charge on any atom is 0.271 e. The third-order valence-corrected chi connectivity index (χ3v) is 3.33. The first kappa shape index (κ1) is 16.6. The van der Waals surface area contributed by atoms with Crippen LogP contribution >= 0.6 is 11.5 Å². The van der Waals surface area contributed by atoms with E-state index in [0.29, 0.717) is 12.2 Å². The molecule has 0 fully saturated rings. The van der Waals surface area contributed by atoms with Crippen molar-refractivity contribution < 1.29 is 9.59 Å². The van der Waals surface area contributed by atoms with Crippen molar-refractivity contribution >= 4 is 23.3 Å². The molecule has 0 aliphatic carbocycles. The number of aromatic nitrogens is 1. The van der Waals surface area contributed by atoms with Crippen molar-refractivity contribution in [2.24, 2.45) is 5.41 Å². The fraction of sp³-hybridized carbons (Fsp3) is 0.643. The zero-order chi connectivity index (χ0) is 15.6. The van der Waals surface area contributed by atoms with Crippen LogP contribution in [0.2, 0.25) is 0 Å². The number of hydrogen-bond donors (Lipinski definition) is 2. The summed E-state index contributed by atoms with van der Waals surface area (Å²) in [6.07, 6.45) is 0. The third-order valence-electron chi connectivity index (χ3n) is 2.63. The Labute approximate surface area is 124 Å². The zero-order valence-electron chi connectivity index (χ0n) is 13.0. The van der Waals surface area contributed by atoms with Gasteiger partial charge in [0.1, 0.15) is 11.2 Å². The molecule has 0 saturated carbocycles. The van der Waals surface area contributed by atoms with Gasteiger partial charge in [-0.1, -0.05) is 20.8 Å². The van der Waals surface area contributed by atoms with Gasteiger partial charge < -0.3 is 10.6 Å². The summed E-state index contributed by atoms with van der Waals surface area (Å²) in [5.41, 5.74) is -0.619. The minimum Gasteiger partial charge on any atom is -0.354 e. The molecule has 1 aromatic rings. The molecule has 5 nitrogen and oxygen atoms in total. The molecule has 1 aromatic heterocycles. The molecule has 0 atom stereocenters. The predicted molar refractivity (Wildman–Crippen MR) is 80.9 cm³/mol. The fourth-order valence-corrected chi connectivity index (χ4v) is 1.99. The Hall–Kier alpha value is -1.43. The molecular weight excluding hydrogens is 274 g/mol. The maximum atomic E-state index is 12.1. The van der Waals surface area contributed by atoms with Gasteiger partial charge in [-0.2, -0.15) is 4.37 Å². The number of aryl methyl sites for hydroxylation is 1. The molecule has 0 aromatic carbocycles. The highest BCUT2D eigenvalue weighted by atomic mass is 32.1. The summed E-state index contributed by atoms with van der Waals surface area (Å²) in [5, 5.41) is 5.57. The number of nitrogens with one attached hydrogen (secondary N) is 2. The van der Waals surface area contributed by atoms with Crippen molar-refractivity contribution in [1.29, 1.82) is 0 Å². The number of nitrogens with zero attached hydrogens (tertiary/aromatic N) is 1. The number of carbonyl (C=O) groups excluding carboxylic acids is 2. The van der Waals surface area contributed by atoms with Crippen LogP contribution in [0.15, 0.2) is 6.07 Å². The van der Waals surface area contributed by atoms with Gasteiger partial charge in [-0.15, -0.1) is 0 Å². The lowest BCUT2D eigenvalue weighted by atomic mass is 9.96. The van der Waals surface area contributed by atoms with Crippen LogP contribution in [0.25, 0.3) is 0 Å². The number of carbonyl (C=O) groups is 2. The average molecular weight is 297 g/mol. The molecule has 20 heavy (non-hydrogen) atoms. The number of hydrogen-bond acceptors (Lipinski definition) is 4. The topological polar surface area (TPSA) is 71.1 Å². The van der Waals surface area contributed by atoms with Gasteiger partial charge in [0.25, 0.3) is 5.91 Å². The van der Waals surface area contributed by atoms with Crippen LogP contribution in [0, 0.1) is 12.3 Å². The number of rotatable bonds is 4. The van der Waals surface area contributed by atoms with Crippen LogP contribution in [0.5, 0.6) is 0 Å². The molecule has 0 bridgehead atoms. The second kappa shape index (κ2) is 5.91. The predicted octanol–water partition coefficient (Wildman–Crippen LogP) is 2.12. The molecule has 0 spiro atoms. The molecule has 0 aliphatic rings. The summed E-state index contributed by atoms with van der Waals surface area (Å²) in [6, 6.07) is 1.71. The van der Waals surface area contributed by atoms with E-state index in [2.05, 4.69) is 15.0 Å². The van der Waals surface area contributed by atoms with Crippen LogP contribution in [-0.2, 0) is 4.79 Å². The van der Waals surface area contributed by atoms with E-state index in [9.17, 15) is 9.59 Å². The minimum atomic E-state index is -0.972. The van der Waals surface area contributed by atoms with Crippen molar-refractivity contribution in [3.63, 3.8) is 0 Å². The zero-order valence-corrected chi connectivity index (χ0v) is 13.8. The van der Waals surface area contributed by atoms with Crippen LogP contribution < -0.4 is 10.6 Å². The van der Waals surface area contributed by atoms with Crippen molar-refractivity contribution in [2.45, 2.75) is 47.1 Å². The maximum absolute atomic E-state index is 12.1. The molecular formula is C14H23N3O2S. The SMILES string of the molecule is Cc1cc(C(=O)NC(C)(C)C(=O)NCC(C)(C)C)ns1. The first-order chi connectivity index (χ1) is 9.01. The van der Waals surface area contributed by atoms with Gasteiger partial charge in [-0.05, 0) is 43.8 Å². The van der Waals surface area contributed by atoms with Crippen LogP contribution in [-0.4, -0.2) is 28.3 Å². The normalized spacial score (nSPS) is 12.1. The molecule has 112 valence electrons. The van der Waals surface area contributed by atoms with Crippen LogP contribution in [0.3, 0.4) is 0 Å². The highest BCUT2D eigenvalue weighted by Crippen LogP contribution is 2.13. The van der Waals surface area contributed by atoms with E-state index in [0.717, 1.165) is 4.88 Å². The van der Waals surface area contributed by atoms with Crippen molar-refractivity contribution in [3.05, 3.63) is 16.6 Å². The Morgan fingerprint density at radius 1 is 1.25 bits per heavy atom. The van der Waals surface area contributed by atoms with E-state index in [-0.39, 0.29) is 17.2 Å². The molecule has 2 amide bonds. The second-order valence-electron chi connectivity index (χ2n) is 6.65. The standard InChI is InChI=1S/C14H23N3O2S/c1-9-7-10(17-20-9)11(18)16-14(5,6)12(19)15-8-13(2,3)4/h7H,8H2,1-6H3,(H,15,19)(H,16,18). The van der Waals surface area contributed by atoms with E-state index in [1.165, 1.54) is 11.5 Å². The van der Waals surface area contributed by atoms with E-state index in [1.54, 1.807) is 19.9 Å². The summed E-state index contributed by atoms with van der Waals surface area (Å²) in [7, 11) is 0. The largest absolute Gasteiger partial charge is 0.354 e. The molecule has 2 N–H and O–H groups in total. The molecule has 1 heterocycles. The molecule has 0 aliphatic heterocycles. The quantitative estimate of drug-likeness (QED) is 0.894. The Morgan fingerprint density at radius 2 is 1.85 bits per heavy atom. The minimum absolute atomic E-state index is 0.00176. The molecule has 6 heteroatoms. The summed E-state index contributed by atoms with van der Waals surface area (Å²) in [6.45, 7) is 11.9. The molecule has 0 unspecified atom stereocenters. The van der Waals surface area contributed by atoms with E-state index in [4.69, 9.17) is 0 Å². The van der Waals surface area contributed by atoms with E-state index in [1.807, 2.05) is 27.7 Å².